The van der Waals surface area contributed by atoms with E-state index >= 15 is 0 Å². The van der Waals surface area contributed by atoms with E-state index in [1.54, 1.807) is 18.2 Å². The van der Waals surface area contributed by atoms with Gasteiger partial charge in [-0.05, 0) is 6.07 Å². The van der Waals surface area contributed by atoms with Gasteiger partial charge in [0, 0.05) is 38.3 Å². The molecule has 116 valence electrons. The number of hydrogen-bond donors (Lipinski definition) is 2. The number of amides is 1. The van der Waals surface area contributed by atoms with Crippen LogP contribution in [0.3, 0.4) is 0 Å². The van der Waals surface area contributed by atoms with Gasteiger partial charge in [-0.15, -0.1) is 0 Å². The smallest absolute Gasteiger partial charge is 0.387 e. The fraction of sp³-hybridized carbons (Fsp3) is 0.500. The van der Waals surface area contributed by atoms with Gasteiger partial charge >= 0.3 is 6.61 Å². The van der Waals surface area contributed by atoms with Gasteiger partial charge in [-0.1, -0.05) is 18.2 Å². The second-order valence-electron chi connectivity index (χ2n) is 4.79. The summed E-state index contributed by atoms with van der Waals surface area (Å²) in [6.07, 6.45) is 0. The Bertz CT molecular complexity index is 465. The fourth-order valence-corrected chi connectivity index (χ4v) is 2.18. The Morgan fingerprint density at radius 1 is 1.33 bits per heavy atom. The van der Waals surface area contributed by atoms with Crippen molar-refractivity contribution >= 4 is 5.91 Å². The SMILES string of the molecule is O=C(CN1CCNCC1)NCc1ccccc1OC(F)F. The third kappa shape index (κ3) is 5.28. The van der Waals surface area contributed by atoms with E-state index in [2.05, 4.69) is 15.4 Å². The van der Waals surface area contributed by atoms with Gasteiger partial charge in [0.15, 0.2) is 0 Å². The van der Waals surface area contributed by atoms with E-state index in [9.17, 15) is 13.6 Å². The number of piperazine rings is 1. The van der Waals surface area contributed by atoms with Gasteiger partial charge in [-0.25, -0.2) is 0 Å². The summed E-state index contributed by atoms with van der Waals surface area (Å²) in [4.78, 5) is 13.9. The second-order valence-corrected chi connectivity index (χ2v) is 4.79. The highest BCUT2D eigenvalue weighted by atomic mass is 19.3. The fourth-order valence-electron chi connectivity index (χ4n) is 2.18. The Balaban J connectivity index is 1.83. The quantitative estimate of drug-likeness (QED) is 0.816. The maximum atomic E-state index is 12.3. The zero-order valence-electron chi connectivity index (χ0n) is 11.6. The van der Waals surface area contributed by atoms with E-state index < -0.39 is 6.61 Å². The van der Waals surface area contributed by atoms with Crippen LogP contribution < -0.4 is 15.4 Å². The molecular formula is C14H19F2N3O2. The Morgan fingerprint density at radius 2 is 2.05 bits per heavy atom. The maximum absolute atomic E-state index is 12.3. The largest absolute Gasteiger partial charge is 0.434 e. The molecule has 1 aliphatic rings. The number of carbonyl (C=O) groups excluding carboxylic acids is 1. The molecule has 0 atom stereocenters. The molecule has 21 heavy (non-hydrogen) atoms. The standard InChI is InChI=1S/C14H19F2N3O2/c15-14(16)21-12-4-2-1-3-11(12)9-18-13(20)10-19-7-5-17-6-8-19/h1-4,14,17H,5-10H2,(H,18,20). The lowest BCUT2D eigenvalue weighted by Crippen LogP contribution is -2.47. The average molecular weight is 299 g/mol. The van der Waals surface area contributed by atoms with E-state index in [1.807, 2.05) is 4.90 Å². The molecule has 1 aromatic carbocycles. The lowest BCUT2D eigenvalue weighted by molar-refractivity contribution is -0.122. The number of alkyl halides is 2. The molecule has 2 N–H and O–H groups in total. The molecule has 0 radical (unpaired) electrons. The number of nitrogens with zero attached hydrogens (tertiary/aromatic N) is 1. The number of hydrogen-bond acceptors (Lipinski definition) is 4. The summed E-state index contributed by atoms with van der Waals surface area (Å²) < 4.78 is 29.0. The summed E-state index contributed by atoms with van der Waals surface area (Å²) in [5.41, 5.74) is 0.534. The van der Waals surface area contributed by atoms with Crippen molar-refractivity contribution in [2.45, 2.75) is 13.2 Å². The predicted octanol–water partition coefficient (Wildman–Crippen LogP) is 0.809. The first kappa shape index (κ1) is 15.7. The van der Waals surface area contributed by atoms with Crippen molar-refractivity contribution in [2.75, 3.05) is 32.7 Å². The molecular weight excluding hydrogens is 280 g/mol. The van der Waals surface area contributed by atoms with Crippen LogP contribution >= 0.6 is 0 Å². The van der Waals surface area contributed by atoms with Gasteiger partial charge in [0.1, 0.15) is 5.75 Å². The summed E-state index contributed by atoms with van der Waals surface area (Å²) >= 11 is 0. The number of para-hydroxylation sites is 1. The van der Waals surface area contributed by atoms with Crippen molar-refractivity contribution in [2.24, 2.45) is 0 Å². The zero-order chi connectivity index (χ0) is 15.1. The van der Waals surface area contributed by atoms with E-state index in [0.29, 0.717) is 12.1 Å². The van der Waals surface area contributed by atoms with Crippen LogP contribution in [0.25, 0.3) is 0 Å². The normalized spacial score (nSPS) is 16.0. The lowest BCUT2D eigenvalue weighted by atomic mass is 10.2. The molecule has 0 spiro atoms. The number of carbonyl (C=O) groups is 1. The predicted molar refractivity (Wildman–Crippen MR) is 74.2 cm³/mol. The van der Waals surface area contributed by atoms with Gasteiger partial charge in [-0.2, -0.15) is 8.78 Å². The molecule has 0 unspecified atom stereocenters. The van der Waals surface area contributed by atoms with Crippen LogP contribution in [0, 0.1) is 0 Å². The van der Waals surface area contributed by atoms with Crippen molar-refractivity contribution in [3.05, 3.63) is 29.8 Å². The molecule has 0 saturated carbocycles. The molecule has 1 amide bonds. The van der Waals surface area contributed by atoms with Crippen LogP contribution in [0.5, 0.6) is 5.75 Å². The lowest BCUT2D eigenvalue weighted by Gasteiger charge is -2.26. The first-order valence-electron chi connectivity index (χ1n) is 6.87. The Hall–Kier alpha value is -1.73. The number of ether oxygens (including phenoxy) is 1. The first-order valence-corrected chi connectivity index (χ1v) is 6.87. The molecule has 2 rings (SSSR count). The van der Waals surface area contributed by atoms with Gasteiger partial charge in [0.25, 0.3) is 0 Å². The Morgan fingerprint density at radius 3 is 2.76 bits per heavy atom. The molecule has 1 heterocycles. The summed E-state index contributed by atoms with van der Waals surface area (Å²) in [5, 5.41) is 5.94. The minimum Gasteiger partial charge on any atom is -0.434 e. The molecule has 1 aliphatic heterocycles. The molecule has 1 aromatic rings. The second kappa shape index (κ2) is 7.90. The van der Waals surface area contributed by atoms with Gasteiger partial charge in [0.05, 0.1) is 6.54 Å². The number of halogens is 2. The number of nitrogens with one attached hydrogen (secondary N) is 2. The highest BCUT2D eigenvalue weighted by Gasteiger charge is 2.14. The third-order valence-electron chi connectivity index (χ3n) is 3.24. The highest BCUT2D eigenvalue weighted by molar-refractivity contribution is 5.78. The van der Waals surface area contributed by atoms with Crippen LogP contribution in [0.2, 0.25) is 0 Å². The first-order chi connectivity index (χ1) is 10.1. The van der Waals surface area contributed by atoms with E-state index in [1.165, 1.54) is 6.07 Å². The Labute approximate surface area is 122 Å². The van der Waals surface area contributed by atoms with Crippen molar-refractivity contribution in [3.63, 3.8) is 0 Å². The summed E-state index contributed by atoms with van der Waals surface area (Å²) in [7, 11) is 0. The Kier molecular flexibility index (Phi) is 5.89. The molecule has 0 aromatic heterocycles. The molecule has 1 fully saturated rings. The van der Waals surface area contributed by atoms with E-state index in [-0.39, 0.29) is 18.2 Å². The van der Waals surface area contributed by atoms with Crippen LogP contribution in [0.1, 0.15) is 5.56 Å². The number of benzene rings is 1. The molecule has 0 bridgehead atoms. The topological polar surface area (TPSA) is 53.6 Å². The summed E-state index contributed by atoms with van der Waals surface area (Å²) in [6.45, 7) is 1.03. The minimum atomic E-state index is -2.87. The van der Waals surface area contributed by atoms with Crippen LogP contribution in [-0.2, 0) is 11.3 Å². The van der Waals surface area contributed by atoms with Gasteiger partial charge in [0.2, 0.25) is 5.91 Å². The monoisotopic (exact) mass is 299 g/mol. The molecule has 7 heteroatoms. The third-order valence-corrected chi connectivity index (χ3v) is 3.24. The summed E-state index contributed by atoms with van der Waals surface area (Å²) in [6, 6.07) is 6.45. The maximum Gasteiger partial charge on any atom is 0.387 e. The van der Waals surface area contributed by atoms with Crippen LogP contribution in [-0.4, -0.2) is 50.1 Å². The highest BCUT2D eigenvalue weighted by Crippen LogP contribution is 2.19. The van der Waals surface area contributed by atoms with Crippen molar-refractivity contribution in [1.29, 1.82) is 0 Å². The van der Waals surface area contributed by atoms with E-state index in [0.717, 1.165) is 26.2 Å². The molecule has 5 nitrogen and oxygen atoms in total. The van der Waals surface area contributed by atoms with E-state index in [4.69, 9.17) is 0 Å². The number of rotatable bonds is 6. The van der Waals surface area contributed by atoms with Crippen molar-refractivity contribution in [3.8, 4) is 5.75 Å². The molecule has 0 aliphatic carbocycles. The van der Waals surface area contributed by atoms with Gasteiger partial charge < -0.3 is 15.4 Å². The summed E-state index contributed by atoms with van der Waals surface area (Å²) in [5.74, 6) is -0.0290. The van der Waals surface area contributed by atoms with Crippen LogP contribution in [0.15, 0.2) is 24.3 Å². The van der Waals surface area contributed by atoms with Crippen LogP contribution in [0.4, 0.5) is 8.78 Å². The minimum absolute atomic E-state index is 0.0926. The van der Waals surface area contributed by atoms with Crippen molar-refractivity contribution < 1.29 is 18.3 Å². The average Bonchev–Trinajstić information content (AvgIpc) is 2.47. The zero-order valence-corrected chi connectivity index (χ0v) is 11.6. The van der Waals surface area contributed by atoms with Crippen molar-refractivity contribution in [1.82, 2.24) is 15.5 Å². The van der Waals surface area contributed by atoms with Gasteiger partial charge in [-0.3, -0.25) is 9.69 Å². The molecule has 1 saturated heterocycles.